The van der Waals surface area contributed by atoms with Gasteiger partial charge in [0, 0.05) is 31.5 Å². The summed E-state index contributed by atoms with van der Waals surface area (Å²) in [5.74, 6) is -0.543. The molecule has 9 heteroatoms. The molecule has 0 radical (unpaired) electrons. The number of carbonyl (C=O) groups is 1. The molecular formula is C29H28F4N4O. The number of hydrogen-bond acceptors (Lipinski definition) is 3. The largest absolute Gasteiger partial charge is 0.416 e. The summed E-state index contributed by atoms with van der Waals surface area (Å²) in [5, 5.41) is 2.92. The molecule has 1 aliphatic rings. The highest BCUT2D eigenvalue weighted by molar-refractivity contribution is 5.94. The van der Waals surface area contributed by atoms with E-state index in [4.69, 9.17) is 0 Å². The molecule has 0 spiro atoms. The number of imidazole rings is 1. The van der Waals surface area contributed by atoms with Crippen LogP contribution in [0.15, 0.2) is 66.9 Å². The Labute approximate surface area is 218 Å². The number of anilines is 1. The van der Waals surface area contributed by atoms with Crippen molar-refractivity contribution in [3.8, 4) is 0 Å². The maximum absolute atomic E-state index is 14.1. The molecule has 0 unspecified atom stereocenters. The Kier molecular flexibility index (Phi) is 7.10. The number of pyridine rings is 1. The number of piperidine rings is 1. The molecule has 0 aliphatic carbocycles. The highest BCUT2D eigenvalue weighted by Gasteiger charge is 2.30. The molecule has 3 heterocycles. The molecule has 5 nitrogen and oxygen atoms in total. The highest BCUT2D eigenvalue weighted by atomic mass is 19.4. The van der Waals surface area contributed by atoms with Crippen LogP contribution >= 0.6 is 0 Å². The van der Waals surface area contributed by atoms with Gasteiger partial charge < -0.3 is 10.2 Å². The molecule has 4 aromatic rings. The summed E-state index contributed by atoms with van der Waals surface area (Å²) < 4.78 is 54.1. The van der Waals surface area contributed by atoms with Crippen molar-refractivity contribution in [2.75, 3.05) is 18.0 Å². The van der Waals surface area contributed by atoms with Gasteiger partial charge >= 0.3 is 6.18 Å². The predicted molar refractivity (Wildman–Crippen MR) is 138 cm³/mol. The lowest BCUT2D eigenvalue weighted by Crippen LogP contribution is -2.32. The fourth-order valence-electron chi connectivity index (χ4n) is 5.07. The fourth-order valence-corrected chi connectivity index (χ4v) is 5.07. The van der Waals surface area contributed by atoms with Gasteiger partial charge in [-0.25, -0.2) is 9.37 Å². The summed E-state index contributed by atoms with van der Waals surface area (Å²) >= 11 is 0. The Hall–Kier alpha value is -3.88. The second-order valence-electron chi connectivity index (χ2n) is 9.54. The molecular weight excluding hydrogens is 496 g/mol. The van der Waals surface area contributed by atoms with Crippen LogP contribution in [-0.4, -0.2) is 28.4 Å². The number of alkyl halides is 3. The van der Waals surface area contributed by atoms with Crippen molar-refractivity contribution in [3.05, 3.63) is 101 Å². The van der Waals surface area contributed by atoms with Crippen molar-refractivity contribution >= 4 is 17.2 Å². The van der Waals surface area contributed by atoms with Crippen LogP contribution < -0.4 is 10.2 Å². The average Bonchev–Trinajstić information content (AvgIpc) is 3.32. The van der Waals surface area contributed by atoms with Gasteiger partial charge in [-0.2, -0.15) is 13.2 Å². The number of aromatic nitrogens is 2. The summed E-state index contributed by atoms with van der Waals surface area (Å²) in [7, 11) is 0. The number of amides is 1. The van der Waals surface area contributed by atoms with Crippen molar-refractivity contribution in [1.29, 1.82) is 0 Å². The Morgan fingerprint density at radius 3 is 2.34 bits per heavy atom. The fraction of sp³-hybridized carbons (Fsp3) is 0.310. The lowest BCUT2D eigenvalue weighted by Gasteiger charge is -2.34. The molecule has 1 amide bonds. The number of hydrogen-bond donors (Lipinski definition) is 1. The summed E-state index contributed by atoms with van der Waals surface area (Å²) in [4.78, 5) is 19.5. The molecule has 38 heavy (non-hydrogen) atoms. The van der Waals surface area contributed by atoms with E-state index in [1.807, 2.05) is 31.2 Å². The third kappa shape index (κ3) is 5.23. The minimum absolute atomic E-state index is 0.140. The van der Waals surface area contributed by atoms with Gasteiger partial charge in [-0.15, -0.1) is 0 Å². The zero-order valence-corrected chi connectivity index (χ0v) is 20.9. The Bertz CT molecular complexity index is 1420. The van der Waals surface area contributed by atoms with Crippen LogP contribution in [0.3, 0.4) is 0 Å². The lowest BCUT2D eigenvalue weighted by molar-refractivity contribution is -0.137. The van der Waals surface area contributed by atoms with Gasteiger partial charge in [0.2, 0.25) is 0 Å². The van der Waals surface area contributed by atoms with Crippen molar-refractivity contribution in [2.24, 2.45) is 0 Å². The normalized spacial score (nSPS) is 14.7. The van der Waals surface area contributed by atoms with Gasteiger partial charge in [0.05, 0.1) is 11.3 Å². The molecule has 1 aliphatic heterocycles. The molecule has 1 N–H and O–H groups in total. The number of fused-ring (bicyclic) bond motifs is 1. The van der Waals surface area contributed by atoms with Gasteiger partial charge in [0.1, 0.15) is 5.69 Å². The van der Waals surface area contributed by atoms with Crippen LogP contribution in [0.25, 0.3) is 5.65 Å². The van der Waals surface area contributed by atoms with E-state index in [0.29, 0.717) is 24.4 Å². The molecule has 2 aromatic carbocycles. The van der Waals surface area contributed by atoms with E-state index in [9.17, 15) is 22.4 Å². The SMILES string of the molecule is CCc1nc2c(F)cccn2c1C(=O)NCc1ccc(N2CCC(c3ccc(C(F)(F)F)cc3)CC2)cc1. The van der Waals surface area contributed by atoms with Crippen molar-refractivity contribution < 1.29 is 22.4 Å². The topological polar surface area (TPSA) is 49.6 Å². The Morgan fingerprint density at radius 2 is 1.71 bits per heavy atom. The minimum atomic E-state index is -4.32. The van der Waals surface area contributed by atoms with E-state index in [0.717, 1.165) is 54.9 Å². The molecule has 198 valence electrons. The molecule has 0 saturated carbocycles. The first-order valence-corrected chi connectivity index (χ1v) is 12.7. The minimum Gasteiger partial charge on any atom is -0.371 e. The van der Waals surface area contributed by atoms with Crippen molar-refractivity contribution in [3.63, 3.8) is 0 Å². The maximum atomic E-state index is 14.1. The third-order valence-corrected chi connectivity index (χ3v) is 7.18. The maximum Gasteiger partial charge on any atom is 0.416 e. The van der Waals surface area contributed by atoms with Crippen LogP contribution in [-0.2, 0) is 19.1 Å². The quantitative estimate of drug-likeness (QED) is 0.298. The molecule has 1 saturated heterocycles. The van der Waals surface area contributed by atoms with E-state index in [2.05, 4.69) is 15.2 Å². The van der Waals surface area contributed by atoms with Crippen LogP contribution in [0.1, 0.15) is 58.6 Å². The van der Waals surface area contributed by atoms with Gasteiger partial charge in [-0.1, -0.05) is 31.2 Å². The Balaban J connectivity index is 1.18. The van der Waals surface area contributed by atoms with Gasteiger partial charge in [0.15, 0.2) is 11.5 Å². The van der Waals surface area contributed by atoms with Gasteiger partial charge in [-0.3, -0.25) is 9.20 Å². The van der Waals surface area contributed by atoms with E-state index in [1.54, 1.807) is 24.4 Å². The van der Waals surface area contributed by atoms with Gasteiger partial charge in [-0.05, 0) is 72.7 Å². The van der Waals surface area contributed by atoms with Gasteiger partial charge in [0.25, 0.3) is 5.91 Å². The number of nitrogens with zero attached hydrogens (tertiary/aromatic N) is 3. The number of aryl methyl sites for hydroxylation is 1. The van der Waals surface area contributed by atoms with E-state index in [1.165, 1.54) is 10.5 Å². The molecule has 2 aromatic heterocycles. The molecule has 0 bridgehead atoms. The monoisotopic (exact) mass is 524 g/mol. The zero-order valence-electron chi connectivity index (χ0n) is 20.9. The van der Waals surface area contributed by atoms with Crippen LogP contribution in [0.5, 0.6) is 0 Å². The first kappa shape index (κ1) is 25.8. The number of carbonyl (C=O) groups excluding carboxylic acids is 1. The summed E-state index contributed by atoms with van der Waals surface area (Å²) in [6.45, 7) is 3.82. The van der Waals surface area contributed by atoms with Crippen molar-refractivity contribution in [2.45, 2.75) is 44.8 Å². The lowest BCUT2D eigenvalue weighted by atomic mass is 9.88. The van der Waals surface area contributed by atoms with Crippen LogP contribution in [0, 0.1) is 5.82 Å². The number of rotatable bonds is 6. The highest BCUT2D eigenvalue weighted by Crippen LogP contribution is 2.34. The van der Waals surface area contributed by atoms with E-state index in [-0.39, 0.29) is 17.5 Å². The number of nitrogens with one attached hydrogen (secondary N) is 1. The molecule has 1 fully saturated rings. The molecule has 0 atom stereocenters. The zero-order chi connectivity index (χ0) is 26.9. The average molecular weight is 525 g/mol. The predicted octanol–water partition coefficient (Wildman–Crippen LogP) is 6.37. The summed E-state index contributed by atoms with van der Waals surface area (Å²) in [6, 6.07) is 16.3. The van der Waals surface area contributed by atoms with Crippen molar-refractivity contribution in [1.82, 2.24) is 14.7 Å². The summed E-state index contributed by atoms with van der Waals surface area (Å²) in [5.41, 5.74) is 3.35. The third-order valence-electron chi connectivity index (χ3n) is 7.18. The van der Waals surface area contributed by atoms with Crippen LogP contribution in [0.2, 0.25) is 0 Å². The second kappa shape index (κ2) is 10.5. The first-order chi connectivity index (χ1) is 18.2. The van der Waals surface area contributed by atoms with E-state index >= 15 is 0 Å². The summed E-state index contributed by atoms with van der Waals surface area (Å²) in [6.07, 6.45) is -0.447. The Morgan fingerprint density at radius 1 is 1.03 bits per heavy atom. The second-order valence-corrected chi connectivity index (χ2v) is 9.54. The smallest absolute Gasteiger partial charge is 0.371 e. The standard InChI is InChI=1S/C29H28F4N4O/c1-2-25-26(37-15-3-4-24(30)27(37)35-25)28(38)34-18-19-5-11-23(12-6-19)36-16-13-21(14-17-36)20-7-9-22(10-8-20)29(31,32)33/h3-12,15,21H,2,13-14,16-18H2,1H3,(H,34,38). The van der Waals surface area contributed by atoms with E-state index < -0.39 is 17.6 Å². The molecule has 5 rings (SSSR count). The number of halogens is 4. The number of benzene rings is 2. The first-order valence-electron chi connectivity index (χ1n) is 12.7. The van der Waals surface area contributed by atoms with Crippen LogP contribution in [0.4, 0.5) is 23.2 Å².